The zero-order valence-electron chi connectivity index (χ0n) is 16.6. The van der Waals surface area contributed by atoms with E-state index in [1.54, 1.807) is 11.3 Å². The first-order chi connectivity index (χ1) is 14.0. The predicted molar refractivity (Wildman–Crippen MR) is 114 cm³/mol. The SMILES string of the molecule is Cc1ccccc1C(=O)N1CCC(C(=O)N/N=c2\sc3ccccc3n2C)CC1. The van der Waals surface area contributed by atoms with Gasteiger partial charge in [-0.15, -0.1) is 5.10 Å². The molecule has 0 bridgehead atoms. The summed E-state index contributed by atoms with van der Waals surface area (Å²) in [4.78, 5) is 27.9. The van der Waals surface area contributed by atoms with Crippen LogP contribution in [0.1, 0.15) is 28.8 Å². The lowest BCUT2D eigenvalue weighted by molar-refractivity contribution is -0.126. The summed E-state index contributed by atoms with van der Waals surface area (Å²) in [6.07, 6.45) is 1.30. The number of aromatic nitrogens is 1. The fourth-order valence-corrected chi connectivity index (χ4v) is 4.69. The number of carbonyl (C=O) groups is 2. The molecule has 3 aromatic rings. The lowest BCUT2D eigenvalue weighted by atomic mass is 9.95. The highest BCUT2D eigenvalue weighted by atomic mass is 32.1. The summed E-state index contributed by atoms with van der Waals surface area (Å²) in [5.74, 6) is -0.159. The lowest BCUT2D eigenvalue weighted by Crippen LogP contribution is -2.42. The molecule has 1 N–H and O–H groups in total. The second-order valence-corrected chi connectivity index (χ2v) is 8.39. The van der Waals surface area contributed by atoms with Crippen molar-refractivity contribution in [1.29, 1.82) is 0 Å². The van der Waals surface area contributed by atoms with Crippen LogP contribution in [0, 0.1) is 12.8 Å². The fourth-order valence-electron chi connectivity index (χ4n) is 3.71. The molecule has 1 aromatic heterocycles. The van der Waals surface area contributed by atoms with Gasteiger partial charge in [0.15, 0.2) is 0 Å². The molecule has 29 heavy (non-hydrogen) atoms. The molecule has 1 fully saturated rings. The van der Waals surface area contributed by atoms with Gasteiger partial charge in [-0.3, -0.25) is 9.59 Å². The Balaban J connectivity index is 1.38. The Morgan fingerprint density at radius 1 is 1.07 bits per heavy atom. The number of para-hydroxylation sites is 1. The summed E-state index contributed by atoms with van der Waals surface area (Å²) in [5.41, 5.74) is 5.54. The number of fused-ring (bicyclic) bond motifs is 1. The fraction of sp³-hybridized carbons (Fsp3) is 0.318. The average molecular weight is 409 g/mol. The van der Waals surface area contributed by atoms with Gasteiger partial charge in [-0.25, -0.2) is 5.43 Å². The zero-order chi connectivity index (χ0) is 20.4. The van der Waals surface area contributed by atoms with Crippen molar-refractivity contribution in [2.45, 2.75) is 19.8 Å². The minimum atomic E-state index is -0.126. The maximum absolute atomic E-state index is 12.7. The van der Waals surface area contributed by atoms with Gasteiger partial charge in [-0.2, -0.15) is 0 Å². The number of nitrogens with zero attached hydrogens (tertiary/aromatic N) is 3. The van der Waals surface area contributed by atoms with E-state index in [0.29, 0.717) is 25.9 Å². The third-order valence-electron chi connectivity index (χ3n) is 5.50. The highest BCUT2D eigenvalue weighted by molar-refractivity contribution is 7.16. The molecular formula is C22H24N4O2S. The first-order valence-electron chi connectivity index (χ1n) is 9.77. The molecule has 1 aliphatic heterocycles. The molecule has 7 heteroatoms. The van der Waals surface area contributed by atoms with E-state index in [0.717, 1.165) is 26.1 Å². The Kier molecular flexibility index (Phi) is 5.49. The quantitative estimate of drug-likeness (QED) is 0.677. The van der Waals surface area contributed by atoms with Crippen LogP contribution in [0.5, 0.6) is 0 Å². The van der Waals surface area contributed by atoms with Gasteiger partial charge in [0.1, 0.15) is 0 Å². The maximum atomic E-state index is 12.7. The van der Waals surface area contributed by atoms with Crippen molar-refractivity contribution in [2.75, 3.05) is 13.1 Å². The van der Waals surface area contributed by atoms with Gasteiger partial charge in [-0.1, -0.05) is 41.7 Å². The van der Waals surface area contributed by atoms with E-state index in [1.165, 1.54) is 0 Å². The summed E-state index contributed by atoms with van der Waals surface area (Å²) in [6.45, 7) is 3.12. The summed E-state index contributed by atoms with van der Waals surface area (Å²) < 4.78 is 3.11. The van der Waals surface area contributed by atoms with Crippen LogP contribution in [0.3, 0.4) is 0 Å². The van der Waals surface area contributed by atoms with Gasteiger partial charge in [0.25, 0.3) is 5.91 Å². The highest BCUT2D eigenvalue weighted by Gasteiger charge is 2.28. The van der Waals surface area contributed by atoms with Crippen molar-refractivity contribution in [1.82, 2.24) is 14.9 Å². The van der Waals surface area contributed by atoms with Crippen molar-refractivity contribution < 1.29 is 9.59 Å². The molecule has 0 unspecified atom stereocenters. The van der Waals surface area contributed by atoms with Crippen molar-refractivity contribution >= 4 is 33.4 Å². The monoisotopic (exact) mass is 408 g/mol. The van der Waals surface area contributed by atoms with E-state index < -0.39 is 0 Å². The van der Waals surface area contributed by atoms with Gasteiger partial charge in [0.2, 0.25) is 10.7 Å². The first kappa shape index (κ1) is 19.4. The predicted octanol–water partition coefficient (Wildman–Crippen LogP) is 3.03. The largest absolute Gasteiger partial charge is 0.339 e. The average Bonchev–Trinajstić information content (AvgIpc) is 3.08. The Morgan fingerprint density at radius 3 is 2.48 bits per heavy atom. The van der Waals surface area contributed by atoms with Crippen LogP contribution in [0.15, 0.2) is 53.6 Å². The zero-order valence-corrected chi connectivity index (χ0v) is 17.4. The number of rotatable bonds is 3. The Morgan fingerprint density at radius 2 is 1.76 bits per heavy atom. The molecule has 0 spiro atoms. The topological polar surface area (TPSA) is 66.7 Å². The molecule has 0 saturated carbocycles. The molecule has 2 aromatic carbocycles. The summed E-state index contributed by atoms with van der Waals surface area (Å²) in [6, 6.07) is 15.7. The molecule has 1 aliphatic rings. The Hall–Kier alpha value is -2.93. The number of likely N-dealkylation sites (tertiary alicyclic amines) is 1. The molecule has 0 atom stereocenters. The number of benzene rings is 2. The first-order valence-corrected chi connectivity index (χ1v) is 10.6. The van der Waals surface area contributed by atoms with Crippen molar-refractivity contribution in [2.24, 2.45) is 18.1 Å². The standard InChI is InChI=1S/C22H24N4O2S/c1-15-7-3-4-8-17(15)21(28)26-13-11-16(12-14-26)20(27)23-24-22-25(2)18-9-5-6-10-19(18)29-22/h3-10,16H,11-14H2,1-2H3,(H,23,27)/b24-22-. The summed E-state index contributed by atoms with van der Waals surface area (Å²) in [5, 5.41) is 4.33. The number of nitrogens with one attached hydrogen (secondary N) is 1. The number of amides is 2. The minimum Gasteiger partial charge on any atom is -0.339 e. The molecule has 0 radical (unpaired) electrons. The van der Waals surface area contributed by atoms with Crippen LogP contribution in [-0.2, 0) is 11.8 Å². The van der Waals surface area contributed by atoms with Gasteiger partial charge in [0.05, 0.1) is 10.2 Å². The van der Waals surface area contributed by atoms with Crippen LogP contribution in [0.25, 0.3) is 10.2 Å². The van der Waals surface area contributed by atoms with Crippen molar-refractivity contribution in [3.8, 4) is 0 Å². The Labute approximate surface area is 173 Å². The molecule has 1 saturated heterocycles. The molecule has 4 rings (SSSR count). The Bertz CT molecular complexity index is 1120. The van der Waals surface area contributed by atoms with Crippen LogP contribution in [0.2, 0.25) is 0 Å². The summed E-state index contributed by atoms with van der Waals surface area (Å²) in [7, 11) is 1.94. The van der Waals surface area contributed by atoms with E-state index in [-0.39, 0.29) is 17.7 Å². The van der Waals surface area contributed by atoms with Crippen LogP contribution >= 0.6 is 11.3 Å². The van der Waals surface area contributed by atoms with Crippen LogP contribution in [0.4, 0.5) is 0 Å². The van der Waals surface area contributed by atoms with E-state index in [9.17, 15) is 9.59 Å². The molecule has 150 valence electrons. The van der Waals surface area contributed by atoms with Gasteiger partial charge >= 0.3 is 0 Å². The van der Waals surface area contributed by atoms with Crippen LogP contribution < -0.4 is 10.2 Å². The van der Waals surface area contributed by atoms with Gasteiger partial charge in [-0.05, 0) is 43.5 Å². The van der Waals surface area contributed by atoms with E-state index >= 15 is 0 Å². The lowest BCUT2D eigenvalue weighted by Gasteiger charge is -2.31. The number of thiazole rings is 1. The number of piperidine rings is 1. The van der Waals surface area contributed by atoms with Crippen molar-refractivity contribution in [3.05, 3.63) is 64.5 Å². The van der Waals surface area contributed by atoms with Gasteiger partial charge < -0.3 is 9.47 Å². The molecule has 2 heterocycles. The highest BCUT2D eigenvalue weighted by Crippen LogP contribution is 2.20. The second-order valence-electron chi connectivity index (χ2n) is 7.38. The second kappa shape index (κ2) is 8.21. The van der Waals surface area contributed by atoms with E-state index in [2.05, 4.69) is 10.5 Å². The smallest absolute Gasteiger partial charge is 0.254 e. The third-order valence-corrected chi connectivity index (χ3v) is 6.62. The summed E-state index contributed by atoms with van der Waals surface area (Å²) >= 11 is 1.54. The van der Waals surface area contributed by atoms with Gasteiger partial charge in [0, 0.05) is 31.6 Å². The number of hydrogen-bond acceptors (Lipinski definition) is 4. The molecule has 0 aliphatic carbocycles. The normalized spacial score (nSPS) is 15.7. The maximum Gasteiger partial charge on any atom is 0.254 e. The van der Waals surface area contributed by atoms with Crippen molar-refractivity contribution in [3.63, 3.8) is 0 Å². The van der Waals surface area contributed by atoms with E-state index in [1.807, 2.05) is 72.0 Å². The minimum absolute atomic E-state index is 0.0453. The number of carbonyl (C=O) groups excluding carboxylic acids is 2. The number of hydrogen-bond donors (Lipinski definition) is 1. The molecule has 2 amide bonds. The van der Waals surface area contributed by atoms with Crippen LogP contribution in [-0.4, -0.2) is 34.4 Å². The molecule has 6 nitrogen and oxygen atoms in total. The van der Waals surface area contributed by atoms with E-state index in [4.69, 9.17) is 0 Å². The molecular weight excluding hydrogens is 384 g/mol. The number of aryl methyl sites for hydroxylation is 2. The third kappa shape index (κ3) is 3.96.